The molecule has 0 bridgehead atoms. The highest BCUT2D eigenvalue weighted by molar-refractivity contribution is 5.53. The Bertz CT molecular complexity index is 369. The van der Waals surface area contributed by atoms with Crippen molar-refractivity contribution in [3.05, 3.63) is 18.3 Å². The van der Waals surface area contributed by atoms with Crippen molar-refractivity contribution in [1.29, 1.82) is 0 Å². The first-order valence-electron chi connectivity index (χ1n) is 6.22. The van der Waals surface area contributed by atoms with Gasteiger partial charge in [0.1, 0.15) is 0 Å². The van der Waals surface area contributed by atoms with Gasteiger partial charge in [-0.05, 0) is 44.4 Å². The van der Waals surface area contributed by atoms with Crippen LogP contribution < -0.4 is 15.4 Å². The second kappa shape index (κ2) is 5.36. The smallest absolute Gasteiger partial charge is 0.171 e. The van der Waals surface area contributed by atoms with E-state index >= 15 is 0 Å². The van der Waals surface area contributed by atoms with Gasteiger partial charge in [0.05, 0.1) is 7.11 Å². The fraction of sp³-hybridized carbons (Fsp3) is 0.615. The van der Waals surface area contributed by atoms with Crippen molar-refractivity contribution in [3.8, 4) is 5.75 Å². The lowest BCUT2D eigenvalue weighted by Crippen LogP contribution is -2.44. The maximum Gasteiger partial charge on any atom is 0.171 e. The van der Waals surface area contributed by atoms with Crippen LogP contribution >= 0.6 is 0 Å². The van der Waals surface area contributed by atoms with Crippen molar-refractivity contribution in [3.63, 3.8) is 0 Å². The van der Waals surface area contributed by atoms with Gasteiger partial charge in [0.2, 0.25) is 0 Å². The summed E-state index contributed by atoms with van der Waals surface area (Å²) in [6.45, 7) is 3.96. The minimum atomic E-state index is 0.501. The minimum absolute atomic E-state index is 0.501. The molecule has 1 fully saturated rings. The summed E-state index contributed by atoms with van der Waals surface area (Å²) in [5.74, 6) is 2.36. The molecule has 2 N–H and O–H groups in total. The van der Waals surface area contributed by atoms with Crippen LogP contribution in [0.1, 0.15) is 19.8 Å². The van der Waals surface area contributed by atoms with Gasteiger partial charge in [0.25, 0.3) is 0 Å². The third-order valence-electron chi connectivity index (χ3n) is 3.56. The summed E-state index contributed by atoms with van der Waals surface area (Å²) in [4.78, 5) is 6.77. The summed E-state index contributed by atoms with van der Waals surface area (Å²) in [6.07, 6.45) is 4.20. The number of aromatic nitrogens is 1. The molecule has 2 heterocycles. The van der Waals surface area contributed by atoms with Gasteiger partial charge >= 0.3 is 0 Å². The summed E-state index contributed by atoms with van der Waals surface area (Å²) >= 11 is 0. The molecule has 1 saturated heterocycles. The van der Waals surface area contributed by atoms with Crippen LogP contribution in [0, 0.1) is 5.92 Å². The van der Waals surface area contributed by atoms with Crippen molar-refractivity contribution < 1.29 is 4.74 Å². The highest BCUT2D eigenvalue weighted by Crippen LogP contribution is 2.31. The van der Waals surface area contributed by atoms with Crippen LogP contribution in [-0.2, 0) is 0 Å². The standard InChI is InChI=1S/C13H21N3O/c1-10-5-6-11(8-14)9-16(10)13-12(17-2)4-3-7-15-13/h3-4,7,10-11H,5-6,8-9,14H2,1-2H3. The Morgan fingerprint density at radius 3 is 3.06 bits per heavy atom. The fourth-order valence-electron chi connectivity index (χ4n) is 2.43. The van der Waals surface area contributed by atoms with Crippen LogP contribution in [0.5, 0.6) is 5.75 Å². The largest absolute Gasteiger partial charge is 0.493 e. The van der Waals surface area contributed by atoms with Gasteiger partial charge in [0, 0.05) is 18.8 Å². The number of anilines is 1. The molecule has 1 aromatic heterocycles. The second-order valence-electron chi connectivity index (χ2n) is 4.71. The number of nitrogens with zero attached hydrogens (tertiary/aromatic N) is 2. The fourth-order valence-corrected chi connectivity index (χ4v) is 2.43. The maximum atomic E-state index is 5.78. The lowest BCUT2D eigenvalue weighted by molar-refractivity contribution is 0.362. The van der Waals surface area contributed by atoms with Crippen LogP contribution in [0.4, 0.5) is 5.82 Å². The minimum Gasteiger partial charge on any atom is -0.493 e. The van der Waals surface area contributed by atoms with Crippen LogP contribution in [0.25, 0.3) is 0 Å². The number of pyridine rings is 1. The van der Waals surface area contributed by atoms with Crippen molar-refractivity contribution in [1.82, 2.24) is 4.98 Å². The average molecular weight is 235 g/mol. The van der Waals surface area contributed by atoms with Gasteiger partial charge in [-0.15, -0.1) is 0 Å². The average Bonchev–Trinajstić information content (AvgIpc) is 2.39. The van der Waals surface area contributed by atoms with E-state index in [2.05, 4.69) is 16.8 Å². The van der Waals surface area contributed by atoms with Gasteiger partial charge in [0.15, 0.2) is 11.6 Å². The first kappa shape index (κ1) is 12.2. The topological polar surface area (TPSA) is 51.4 Å². The number of rotatable bonds is 3. The van der Waals surface area contributed by atoms with Crippen molar-refractivity contribution >= 4 is 5.82 Å². The zero-order valence-electron chi connectivity index (χ0n) is 10.6. The molecule has 0 saturated carbocycles. The molecule has 1 aliphatic rings. The highest BCUT2D eigenvalue weighted by Gasteiger charge is 2.27. The molecule has 17 heavy (non-hydrogen) atoms. The molecule has 2 atom stereocenters. The molecule has 1 aliphatic heterocycles. The third kappa shape index (κ3) is 2.52. The van der Waals surface area contributed by atoms with Crippen molar-refractivity contribution in [2.75, 3.05) is 25.1 Å². The summed E-state index contributed by atoms with van der Waals surface area (Å²) in [5.41, 5.74) is 5.78. The Labute approximate surface area is 103 Å². The number of hydrogen-bond donors (Lipinski definition) is 1. The molecule has 2 unspecified atom stereocenters. The lowest BCUT2D eigenvalue weighted by Gasteiger charge is -2.38. The molecular weight excluding hydrogens is 214 g/mol. The van der Waals surface area contributed by atoms with E-state index in [4.69, 9.17) is 10.5 Å². The third-order valence-corrected chi connectivity index (χ3v) is 3.56. The molecular formula is C13H21N3O. The second-order valence-corrected chi connectivity index (χ2v) is 4.71. The van der Waals surface area contributed by atoms with E-state index in [1.165, 1.54) is 12.8 Å². The summed E-state index contributed by atoms with van der Waals surface area (Å²) in [5, 5.41) is 0. The van der Waals surface area contributed by atoms with E-state index in [9.17, 15) is 0 Å². The van der Waals surface area contributed by atoms with Crippen LogP contribution in [0.3, 0.4) is 0 Å². The van der Waals surface area contributed by atoms with Gasteiger partial charge < -0.3 is 15.4 Å². The Hall–Kier alpha value is -1.29. The Balaban J connectivity index is 2.24. The molecule has 1 aromatic rings. The zero-order valence-corrected chi connectivity index (χ0v) is 10.6. The van der Waals surface area contributed by atoms with Gasteiger partial charge in [-0.25, -0.2) is 4.98 Å². The summed E-state index contributed by atoms with van der Waals surface area (Å²) in [6, 6.07) is 4.36. The molecule has 0 amide bonds. The number of nitrogens with two attached hydrogens (primary N) is 1. The Morgan fingerprint density at radius 1 is 1.53 bits per heavy atom. The summed E-state index contributed by atoms with van der Waals surface area (Å²) < 4.78 is 5.38. The van der Waals surface area contributed by atoms with E-state index in [0.29, 0.717) is 12.0 Å². The molecule has 0 aliphatic carbocycles. The Morgan fingerprint density at radius 2 is 2.35 bits per heavy atom. The highest BCUT2D eigenvalue weighted by atomic mass is 16.5. The van der Waals surface area contributed by atoms with Gasteiger partial charge in [-0.1, -0.05) is 0 Å². The summed E-state index contributed by atoms with van der Waals surface area (Å²) in [7, 11) is 1.69. The van der Waals surface area contributed by atoms with Crippen molar-refractivity contribution in [2.45, 2.75) is 25.8 Å². The number of methoxy groups -OCH3 is 1. The number of piperidine rings is 1. The Kier molecular flexibility index (Phi) is 3.84. The SMILES string of the molecule is COc1cccnc1N1CC(CN)CCC1C. The number of hydrogen-bond acceptors (Lipinski definition) is 4. The van der Waals surface area contributed by atoms with Crippen LogP contribution in [-0.4, -0.2) is 31.2 Å². The molecule has 0 spiro atoms. The van der Waals surface area contributed by atoms with Gasteiger partial charge in [-0.3, -0.25) is 0 Å². The predicted octanol–water partition coefficient (Wildman–Crippen LogP) is 1.65. The van der Waals surface area contributed by atoms with Crippen molar-refractivity contribution in [2.24, 2.45) is 11.7 Å². The van der Waals surface area contributed by atoms with Gasteiger partial charge in [-0.2, -0.15) is 0 Å². The first-order valence-corrected chi connectivity index (χ1v) is 6.22. The molecule has 4 heteroatoms. The zero-order chi connectivity index (χ0) is 12.3. The van der Waals surface area contributed by atoms with E-state index in [1.54, 1.807) is 7.11 Å². The molecule has 4 nitrogen and oxygen atoms in total. The van der Waals surface area contributed by atoms with E-state index < -0.39 is 0 Å². The monoisotopic (exact) mass is 235 g/mol. The predicted molar refractivity (Wildman–Crippen MR) is 69.4 cm³/mol. The molecule has 2 rings (SSSR count). The molecule has 0 aromatic carbocycles. The quantitative estimate of drug-likeness (QED) is 0.865. The number of ether oxygens (including phenoxy) is 1. The first-order chi connectivity index (χ1) is 8.26. The normalized spacial score (nSPS) is 24.8. The molecule has 0 radical (unpaired) electrons. The molecule has 94 valence electrons. The van der Waals surface area contributed by atoms with E-state index in [1.807, 2.05) is 18.3 Å². The van der Waals surface area contributed by atoms with E-state index in [0.717, 1.165) is 24.7 Å². The van der Waals surface area contributed by atoms with E-state index in [-0.39, 0.29) is 0 Å². The maximum absolute atomic E-state index is 5.78. The van der Waals surface area contributed by atoms with Crippen LogP contribution in [0.2, 0.25) is 0 Å². The van der Waals surface area contributed by atoms with Crippen LogP contribution in [0.15, 0.2) is 18.3 Å². The lowest BCUT2D eigenvalue weighted by atomic mass is 9.93.